The van der Waals surface area contributed by atoms with E-state index in [0.717, 1.165) is 11.7 Å². The molecule has 0 radical (unpaired) electrons. The van der Waals surface area contributed by atoms with Crippen LogP contribution in [0.3, 0.4) is 0 Å². The van der Waals surface area contributed by atoms with E-state index in [1.807, 2.05) is 23.3 Å². The number of nitrogens with one attached hydrogen (secondary N) is 1. The second-order valence-electron chi connectivity index (χ2n) is 4.63. The van der Waals surface area contributed by atoms with Crippen LogP contribution in [0.25, 0.3) is 0 Å². The molecule has 2 heterocycles. The summed E-state index contributed by atoms with van der Waals surface area (Å²) in [6.45, 7) is 7.49. The quantitative estimate of drug-likeness (QED) is 0.916. The van der Waals surface area contributed by atoms with Crippen molar-refractivity contribution in [1.29, 1.82) is 0 Å². The third-order valence-corrected chi connectivity index (χ3v) is 4.82. The van der Waals surface area contributed by atoms with E-state index in [2.05, 4.69) is 36.1 Å². The molecule has 1 saturated heterocycles. The van der Waals surface area contributed by atoms with Gasteiger partial charge in [-0.2, -0.15) is 0 Å². The zero-order valence-electron chi connectivity index (χ0n) is 10.5. The van der Waals surface area contributed by atoms with Crippen molar-refractivity contribution in [3.8, 4) is 0 Å². The van der Waals surface area contributed by atoms with Gasteiger partial charge in [0.05, 0.1) is 11.6 Å². The summed E-state index contributed by atoms with van der Waals surface area (Å²) in [5.74, 6) is 0.414. The largest absolute Gasteiger partial charge is 0.362 e. The fourth-order valence-electron chi connectivity index (χ4n) is 1.90. The molecule has 0 aliphatic carbocycles. The first-order chi connectivity index (χ1) is 8.15. The Hall–Kier alpha value is -0.550. The number of hydrogen-bond donors (Lipinski definition) is 1. The summed E-state index contributed by atoms with van der Waals surface area (Å²) in [5, 5.41) is 8.41. The van der Waals surface area contributed by atoms with Gasteiger partial charge in [-0.3, -0.25) is 4.99 Å². The van der Waals surface area contributed by atoms with E-state index in [1.165, 1.54) is 11.4 Å². The molecule has 17 heavy (non-hydrogen) atoms. The van der Waals surface area contributed by atoms with Crippen LogP contribution in [-0.4, -0.2) is 28.0 Å². The predicted molar refractivity (Wildman–Crippen MR) is 77.1 cm³/mol. The molecule has 0 amide bonds. The fourth-order valence-corrected chi connectivity index (χ4v) is 3.77. The third-order valence-electron chi connectivity index (χ3n) is 2.75. The van der Waals surface area contributed by atoms with Gasteiger partial charge >= 0.3 is 0 Å². The molecule has 1 aliphatic rings. The Bertz CT molecular complexity index is 363. The number of hydrogen-bond acceptors (Lipinski definition) is 4. The van der Waals surface area contributed by atoms with Gasteiger partial charge in [-0.25, -0.2) is 4.98 Å². The molecular weight excluding hydrogens is 250 g/mol. The molecule has 1 N–H and O–H groups in total. The molecule has 3 nitrogen and oxygen atoms in total. The smallest absolute Gasteiger partial charge is 0.157 e. The zero-order valence-corrected chi connectivity index (χ0v) is 12.1. The molecule has 94 valence electrons. The monoisotopic (exact) mass is 269 g/mol. The molecule has 3 unspecified atom stereocenters. The molecule has 5 heteroatoms. The Morgan fingerprint density at radius 2 is 2.41 bits per heavy atom. The minimum Gasteiger partial charge on any atom is -0.362 e. The molecule has 1 aromatic heterocycles. The maximum atomic E-state index is 4.68. The van der Waals surface area contributed by atoms with Crippen molar-refractivity contribution in [3.63, 3.8) is 0 Å². The van der Waals surface area contributed by atoms with Crippen molar-refractivity contribution in [2.24, 2.45) is 4.99 Å². The van der Waals surface area contributed by atoms with E-state index >= 15 is 0 Å². The van der Waals surface area contributed by atoms with E-state index in [4.69, 9.17) is 0 Å². The molecule has 0 spiro atoms. The van der Waals surface area contributed by atoms with Crippen molar-refractivity contribution in [2.45, 2.75) is 44.4 Å². The summed E-state index contributed by atoms with van der Waals surface area (Å²) in [7, 11) is 0. The molecule has 0 bridgehead atoms. The van der Waals surface area contributed by atoms with Crippen molar-refractivity contribution in [3.05, 3.63) is 16.6 Å². The number of amidine groups is 1. The van der Waals surface area contributed by atoms with Crippen LogP contribution >= 0.6 is 23.1 Å². The number of thiazole rings is 1. The molecular formula is C12H19N3S2. The minimum atomic E-state index is 0.414. The molecule has 1 fully saturated rings. The van der Waals surface area contributed by atoms with Gasteiger partial charge in [-0.15, -0.1) is 11.3 Å². The predicted octanol–water partition coefficient (Wildman–Crippen LogP) is 3.11. The van der Waals surface area contributed by atoms with Crippen molar-refractivity contribution in [2.75, 3.05) is 6.54 Å². The van der Waals surface area contributed by atoms with Crippen molar-refractivity contribution in [1.82, 2.24) is 10.3 Å². The summed E-state index contributed by atoms with van der Waals surface area (Å²) < 4.78 is 0. The van der Waals surface area contributed by atoms with Gasteiger partial charge in [0, 0.05) is 28.8 Å². The first-order valence-electron chi connectivity index (χ1n) is 6.02. The summed E-state index contributed by atoms with van der Waals surface area (Å²) >= 11 is 3.56. The van der Waals surface area contributed by atoms with Crippen LogP contribution in [0.1, 0.15) is 38.1 Å². The SMILES string of the molecule is CC1CC(C)SC(=NCC(C)c2nccs2)N1. The van der Waals surface area contributed by atoms with E-state index in [9.17, 15) is 0 Å². The third kappa shape index (κ3) is 3.71. The van der Waals surface area contributed by atoms with E-state index < -0.39 is 0 Å². The normalized spacial score (nSPS) is 29.0. The number of rotatable bonds is 3. The standard InChI is InChI=1S/C12H19N3S2/c1-8(11-13-4-5-16-11)7-14-12-15-9(2)6-10(3)17-12/h4-5,8-10H,6-7H2,1-3H3,(H,14,15). The minimum absolute atomic E-state index is 0.414. The maximum Gasteiger partial charge on any atom is 0.157 e. The van der Waals surface area contributed by atoms with Crippen molar-refractivity contribution < 1.29 is 0 Å². The van der Waals surface area contributed by atoms with Crippen LogP contribution in [0, 0.1) is 0 Å². The van der Waals surface area contributed by atoms with E-state index in [1.54, 1.807) is 11.3 Å². The summed E-state index contributed by atoms with van der Waals surface area (Å²) in [4.78, 5) is 9.01. The van der Waals surface area contributed by atoms with Crippen LogP contribution in [0.5, 0.6) is 0 Å². The van der Waals surface area contributed by atoms with Gasteiger partial charge in [0.25, 0.3) is 0 Å². The lowest BCUT2D eigenvalue weighted by molar-refractivity contribution is 0.596. The highest BCUT2D eigenvalue weighted by Gasteiger charge is 2.19. The summed E-state index contributed by atoms with van der Waals surface area (Å²) in [6.07, 6.45) is 3.08. The van der Waals surface area contributed by atoms with E-state index in [0.29, 0.717) is 17.2 Å². The topological polar surface area (TPSA) is 37.3 Å². The van der Waals surface area contributed by atoms with E-state index in [-0.39, 0.29) is 0 Å². The Balaban J connectivity index is 1.91. The van der Waals surface area contributed by atoms with Crippen molar-refractivity contribution >= 4 is 28.3 Å². The van der Waals surface area contributed by atoms with Gasteiger partial charge in [-0.1, -0.05) is 25.6 Å². The molecule has 1 aromatic rings. The van der Waals surface area contributed by atoms with Gasteiger partial charge < -0.3 is 5.32 Å². The highest BCUT2D eigenvalue weighted by Crippen LogP contribution is 2.23. The Morgan fingerprint density at radius 3 is 3.06 bits per heavy atom. The van der Waals surface area contributed by atoms with Gasteiger partial charge in [0.15, 0.2) is 5.17 Å². The second-order valence-corrected chi connectivity index (χ2v) is 6.98. The average Bonchev–Trinajstić information content (AvgIpc) is 2.78. The van der Waals surface area contributed by atoms with Crippen LogP contribution in [-0.2, 0) is 0 Å². The summed E-state index contributed by atoms with van der Waals surface area (Å²) in [5.41, 5.74) is 0. The van der Waals surface area contributed by atoms with Gasteiger partial charge in [0.2, 0.25) is 0 Å². The fraction of sp³-hybridized carbons (Fsp3) is 0.667. The van der Waals surface area contributed by atoms with Crippen LogP contribution in [0.2, 0.25) is 0 Å². The Kier molecular flexibility index (Phi) is 4.45. The number of nitrogens with zero attached hydrogens (tertiary/aromatic N) is 2. The lowest BCUT2D eigenvalue weighted by Crippen LogP contribution is -2.38. The lowest BCUT2D eigenvalue weighted by Gasteiger charge is -2.27. The Morgan fingerprint density at radius 1 is 1.59 bits per heavy atom. The maximum absolute atomic E-state index is 4.68. The van der Waals surface area contributed by atoms with Crippen LogP contribution < -0.4 is 5.32 Å². The van der Waals surface area contributed by atoms with Gasteiger partial charge in [0.1, 0.15) is 0 Å². The molecule has 0 saturated carbocycles. The second kappa shape index (κ2) is 5.87. The average molecular weight is 269 g/mol. The highest BCUT2D eigenvalue weighted by atomic mass is 32.2. The zero-order chi connectivity index (χ0) is 12.3. The number of thioether (sulfide) groups is 1. The first-order valence-corrected chi connectivity index (χ1v) is 7.78. The van der Waals surface area contributed by atoms with Crippen LogP contribution in [0.4, 0.5) is 0 Å². The Labute approximate surface area is 111 Å². The highest BCUT2D eigenvalue weighted by molar-refractivity contribution is 8.14. The lowest BCUT2D eigenvalue weighted by atomic mass is 10.2. The molecule has 1 aliphatic heterocycles. The summed E-state index contributed by atoms with van der Waals surface area (Å²) in [6, 6.07) is 0.542. The molecule has 3 atom stereocenters. The molecule has 0 aromatic carbocycles. The van der Waals surface area contributed by atoms with Gasteiger partial charge in [-0.05, 0) is 13.3 Å². The first kappa shape index (κ1) is 12.9. The number of aromatic nitrogens is 1. The number of aliphatic imine (C=N–C) groups is 1. The molecule has 2 rings (SSSR count). The van der Waals surface area contributed by atoms with Crippen LogP contribution in [0.15, 0.2) is 16.6 Å².